The van der Waals surface area contributed by atoms with Crippen LogP contribution in [0.3, 0.4) is 0 Å². The van der Waals surface area contributed by atoms with Crippen molar-refractivity contribution in [2.75, 3.05) is 5.32 Å². The molecule has 0 radical (unpaired) electrons. The van der Waals surface area contributed by atoms with Crippen LogP contribution in [-0.2, 0) is 0 Å². The predicted octanol–water partition coefficient (Wildman–Crippen LogP) is 6.12. The van der Waals surface area contributed by atoms with E-state index in [1.807, 2.05) is 48.5 Å². The van der Waals surface area contributed by atoms with Gasteiger partial charge in [0.2, 0.25) is 0 Å². The molecule has 32 heavy (non-hydrogen) atoms. The minimum Gasteiger partial charge on any atom is -0.452 e. The molecule has 2 N–H and O–H groups in total. The summed E-state index contributed by atoms with van der Waals surface area (Å²) in [6.07, 6.45) is 4.00. The summed E-state index contributed by atoms with van der Waals surface area (Å²) in [6.45, 7) is 0. The lowest BCUT2D eigenvalue weighted by Gasteiger charge is -2.30. The molecular formula is C27H24N2O3. The van der Waals surface area contributed by atoms with Crippen LogP contribution < -0.4 is 20.1 Å². The average molecular weight is 425 g/mol. The molecule has 2 atom stereocenters. The van der Waals surface area contributed by atoms with Crippen molar-refractivity contribution in [1.82, 2.24) is 5.32 Å². The highest BCUT2D eigenvalue weighted by Gasteiger charge is 2.35. The Labute approximate surface area is 187 Å². The van der Waals surface area contributed by atoms with Crippen LogP contribution in [-0.4, -0.2) is 18.2 Å². The maximum absolute atomic E-state index is 12.6. The van der Waals surface area contributed by atoms with Gasteiger partial charge in [-0.3, -0.25) is 5.32 Å². The van der Waals surface area contributed by atoms with Gasteiger partial charge in [-0.25, -0.2) is 4.79 Å². The van der Waals surface area contributed by atoms with Crippen LogP contribution in [0, 0.1) is 0 Å². The van der Waals surface area contributed by atoms with Gasteiger partial charge in [0.1, 0.15) is 5.75 Å². The van der Waals surface area contributed by atoms with E-state index in [1.54, 1.807) is 6.07 Å². The lowest BCUT2D eigenvalue weighted by Crippen LogP contribution is -2.35. The second kappa shape index (κ2) is 7.84. The van der Waals surface area contributed by atoms with Crippen molar-refractivity contribution in [2.45, 2.75) is 37.8 Å². The summed E-state index contributed by atoms with van der Waals surface area (Å²) in [5.41, 5.74) is 5.47. The third kappa shape index (κ3) is 3.45. The van der Waals surface area contributed by atoms with Gasteiger partial charge in [-0.15, -0.1) is 0 Å². The zero-order valence-electron chi connectivity index (χ0n) is 17.6. The molecule has 5 nitrogen and oxygen atoms in total. The maximum Gasteiger partial charge on any atom is 0.417 e. The van der Waals surface area contributed by atoms with Crippen molar-refractivity contribution in [3.8, 4) is 17.2 Å². The summed E-state index contributed by atoms with van der Waals surface area (Å²) in [5.74, 6) is 1.82. The van der Waals surface area contributed by atoms with Gasteiger partial charge in [-0.05, 0) is 55.5 Å². The summed E-state index contributed by atoms with van der Waals surface area (Å²) in [5, 5.41) is 6.50. The highest BCUT2D eigenvalue weighted by atomic mass is 16.6. The third-order valence-corrected chi connectivity index (χ3v) is 6.51. The monoisotopic (exact) mass is 424 g/mol. The number of amides is 1. The summed E-state index contributed by atoms with van der Waals surface area (Å²) >= 11 is 0. The Morgan fingerprint density at radius 1 is 0.875 bits per heavy atom. The Hall–Kier alpha value is -3.57. The Morgan fingerprint density at radius 2 is 1.59 bits per heavy atom. The molecule has 0 spiro atoms. The van der Waals surface area contributed by atoms with Crippen molar-refractivity contribution in [1.29, 1.82) is 0 Å². The molecule has 0 aromatic heterocycles. The Balaban J connectivity index is 1.39. The fourth-order valence-corrected chi connectivity index (χ4v) is 5.17. The minimum atomic E-state index is -0.541. The molecule has 5 heteroatoms. The first kappa shape index (κ1) is 19.1. The molecule has 3 aliphatic heterocycles. The van der Waals surface area contributed by atoms with Gasteiger partial charge in [0.25, 0.3) is 0 Å². The van der Waals surface area contributed by atoms with E-state index in [2.05, 4.69) is 28.8 Å². The van der Waals surface area contributed by atoms with Crippen LogP contribution in [0.4, 0.5) is 10.5 Å². The molecule has 3 aromatic rings. The van der Waals surface area contributed by atoms with E-state index in [4.69, 9.17) is 9.47 Å². The molecule has 160 valence electrons. The zero-order valence-corrected chi connectivity index (χ0v) is 17.6. The first-order valence-corrected chi connectivity index (χ1v) is 11.2. The molecule has 6 rings (SSSR count). The van der Waals surface area contributed by atoms with Crippen molar-refractivity contribution in [2.24, 2.45) is 0 Å². The zero-order chi connectivity index (χ0) is 21.5. The van der Waals surface area contributed by atoms with E-state index in [0.29, 0.717) is 29.3 Å². The van der Waals surface area contributed by atoms with E-state index in [1.165, 1.54) is 24.0 Å². The maximum atomic E-state index is 12.6. The van der Waals surface area contributed by atoms with Crippen molar-refractivity contribution < 1.29 is 14.3 Å². The smallest absolute Gasteiger partial charge is 0.417 e. The van der Waals surface area contributed by atoms with Crippen LogP contribution in [0.1, 0.15) is 36.8 Å². The number of hydrogen-bond acceptors (Lipinski definition) is 4. The third-order valence-electron chi connectivity index (χ3n) is 6.51. The number of anilines is 1. The second-order valence-corrected chi connectivity index (χ2v) is 8.64. The Bertz CT molecular complexity index is 1200. The summed E-state index contributed by atoms with van der Waals surface area (Å²) < 4.78 is 12.0. The largest absolute Gasteiger partial charge is 0.452 e. The van der Waals surface area contributed by atoms with E-state index in [0.717, 1.165) is 29.7 Å². The van der Waals surface area contributed by atoms with Gasteiger partial charge in [0.05, 0.1) is 0 Å². The van der Waals surface area contributed by atoms with Gasteiger partial charge < -0.3 is 14.8 Å². The SMILES string of the molecule is O=C(Nc1ccccc1)Oc1cccc2c1Oc1ccccc1C2=C1CC2CCC(C1)N2. The van der Waals surface area contributed by atoms with Crippen LogP contribution in [0.15, 0.2) is 78.4 Å². The first-order chi connectivity index (χ1) is 15.7. The number of hydrogen-bond donors (Lipinski definition) is 2. The number of piperidine rings is 1. The molecule has 1 amide bonds. The average Bonchev–Trinajstić information content (AvgIpc) is 3.16. The van der Waals surface area contributed by atoms with Gasteiger partial charge in [0, 0.05) is 28.9 Å². The highest BCUT2D eigenvalue weighted by molar-refractivity contribution is 5.92. The summed E-state index contributed by atoms with van der Waals surface area (Å²) in [6, 6.07) is 24.3. The number of ether oxygens (including phenoxy) is 2. The molecule has 0 saturated carbocycles. The molecule has 2 unspecified atom stereocenters. The quantitative estimate of drug-likeness (QED) is 0.407. The number of carbonyl (C=O) groups is 1. The number of fused-ring (bicyclic) bond motifs is 4. The lowest BCUT2D eigenvalue weighted by molar-refractivity contribution is 0.213. The van der Waals surface area contributed by atoms with Crippen LogP contribution >= 0.6 is 0 Å². The highest BCUT2D eigenvalue weighted by Crippen LogP contribution is 2.51. The summed E-state index contributed by atoms with van der Waals surface area (Å²) in [7, 11) is 0. The number of rotatable bonds is 2. The van der Waals surface area contributed by atoms with E-state index >= 15 is 0 Å². The van der Waals surface area contributed by atoms with Gasteiger partial charge in [-0.2, -0.15) is 0 Å². The number of benzene rings is 3. The molecule has 2 fully saturated rings. The Morgan fingerprint density at radius 3 is 2.41 bits per heavy atom. The van der Waals surface area contributed by atoms with Gasteiger partial charge >= 0.3 is 6.09 Å². The van der Waals surface area contributed by atoms with E-state index in [9.17, 15) is 4.79 Å². The van der Waals surface area contributed by atoms with E-state index < -0.39 is 6.09 Å². The molecule has 3 heterocycles. The number of nitrogens with one attached hydrogen (secondary N) is 2. The Kier molecular flexibility index (Phi) is 4.69. The van der Waals surface area contributed by atoms with Crippen LogP contribution in [0.5, 0.6) is 17.2 Å². The molecule has 0 aliphatic carbocycles. The van der Waals surface area contributed by atoms with Crippen molar-refractivity contribution in [3.63, 3.8) is 0 Å². The van der Waals surface area contributed by atoms with Gasteiger partial charge in [-0.1, -0.05) is 54.1 Å². The lowest BCUT2D eigenvalue weighted by atomic mass is 9.84. The van der Waals surface area contributed by atoms with Crippen molar-refractivity contribution in [3.05, 3.63) is 89.5 Å². The first-order valence-electron chi connectivity index (χ1n) is 11.2. The fraction of sp³-hybridized carbons (Fsp3) is 0.222. The topological polar surface area (TPSA) is 59.6 Å². The normalized spacial score (nSPS) is 20.8. The molecule has 3 aromatic carbocycles. The molecule has 3 aliphatic rings. The number of carbonyl (C=O) groups excluding carboxylic acids is 1. The van der Waals surface area contributed by atoms with E-state index in [-0.39, 0.29) is 0 Å². The van der Waals surface area contributed by atoms with Crippen LogP contribution in [0.25, 0.3) is 5.57 Å². The number of para-hydroxylation sites is 3. The molecule has 2 bridgehead atoms. The second-order valence-electron chi connectivity index (χ2n) is 8.64. The predicted molar refractivity (Wildman–Crippen MR) is 124 cm³/mol. The molecular weight excluding hydrogens is 400 g/mol. The minimum absolute atomic E-state index is 0.417. The molecule has 2 saturated heterocycles. The summed E-state index contributed by atoms with van der Waals surface area (Å²) in [4.78, 5) is 12.6. The van der Waals surface area contributed by atoms with Gasteiger partial charge in [0.15, 0.2) is 11.5 Å². The van der Waals surface area contributed by atoms with Crippen molar-refractivity contribution >= 4 is 17.4 Å². The standard InChI is InChI=1S/C27H24N2O3/c30-27(29-18-7-2-1-3-8-18)32-24-12-6-10-22-25(17-15-19-13-14-20(16-17)28-19)21-9-4-5-11-23(21)31-26(22)24/h1-12,19-20,28H,13-16H2,(H,29,30). The van der Waals surface area contributed by atoms with Crippen LogP contribution in [0.2, 0.25) is 0 Å². The fourth-order valence-electron chi connectivity index (χ4n) is 5.17.